The van der Waals surface area contributed by atoms with Gasteiger partial charge in [-0.3, -0.25) is 0 Å². The number of benzene rings is 1. The molecule has 0 saturated carbocycles. The molecule has 0 spiro atoms. The van der Waals surface area contributed by atoms with Crippen molar-refractivity contribution in [3.8, 4) is 18.4 Å². The molecule has 1 nitrogen and oxygen atoms in total. The first kappa shape index (κ1) is 8.23. The largest absolute Gasteiger partial charge is 0.205 e. The van der Waals surface area contributed by atoms with E-state index in [1.165, 1.54) is 0 Å². The summed E-state index contributed by atoms with van der Waals surface area (Å²) in [5.74, 6) is 0.0944. The highest BCUT2D eigenvalue weighted by Crippen LogP contribution is 2.13. The molecule has 1 rings (SSSR count). The third-order valence-corrected chi connectivity index (χ3v) is 1.32. The summed E-state index contributed by atoms with van der Waals surface area (Å²) in [5, 5.41) is 8.32. The van der Waals surface area contributed by atoms with E-state index < -0.39 is 17.2 Å². The van der Waals surface area contributed by atoms with Crippen molar-refractivity contribution in [2.75, 3.05) is 0 Å². The van der Waals surface area contributed by atoms with Crippen molar-refractivity contribution < 1.29 is 8.78 Å². The molecule has 0 amide bonds. The molecule has 12 heavy (non-hydrogen) atoms. The van der Waals surface area contributed by atoms with Gasteiger partial charge in [0.25, 0.3) is 0 Å². The van der Waals surface area contributed by atoms with Gasteiger partial charge in [-0.15, -0.1) is 6.42 Å². The Morgan fingerprint density at radius 3 is 2.08 bits per heavy atom. The first-order valence-corrected chi connectivity index (χ1v) is 3.04. The predicted molar refractivity (Wildman–Crippen MR) is 39.0 cm³/mol. The Morgan fingerprint density at radius 1 is 1.25 bits per heavy atom. The van der Waals surface area contributed by atoms with Crippen LogP contribution in [0, 0.1) is 35.3 Å². The SMILES string of the molecule is C#Cc1c(F)cc(C#N)cc1F. The second-order valence-electron chi connectivity index (χ2n) is 2.07. The van der Waals surface area contributed by atoms with Crippen LogP contribution in [0.1, 0.15) is 11.1 Å². The Balaban J connectivity index is 3.43. The molecule has 0 aromatic heterocycles. The van der Waals surface area contributed by atoms with E-state index in [4.69, 9.17) is 11.7 Å². The van der Waals surface area contributed by atoms with Gasteiger partial charge in [0, 0.05) is 0 Å². The summed E-state index contributed by atoms with van der Waals surface area (Å²) >= 11 is 0. The number of rotatable bonds is 0. The van der Waals surface area contributed by atoms with Gasteiger partial charge in [-0.05, 0) is 12.1 Å². The van der Waals surface area contributed by atoms with E-state index in [0.717, 1.165) is 12.1 Å². The van der Waals surface area contributed by atoms with Crippen molar-refractivity contribution in [3.05, 3.63) is 34.9 Å². The van der Waals surface area contributed by atoms with Crippen LogP contribution in [0.4, 0.5) is 8.78 Å². The van der Waals surface area contributed by atoms with Gasteiger partial charge in [0.1, 0.15) is 11.6 Å². The number of hydrogen-bond acceptors (Lipinski definition) is 1. The number of nitriles is 1. The maximum atomic E-state index is 12.8. The van der Waals surface area contributed by atoms with Gasteiger partial charge in [0.05, 0.1) is 17.2 Å². The summed E-state index contributed by atoms with van der Waals surface area (Å²) in [6.07, 6.45) is 4.83. The number of terminal acetylenes is 1. The topological polar surface area (TPSA) is 23.8 Å². The second-order valence-corrected chi connectivity index (χ2v) is 2.07. The van der Waals surface area contributed by atoms with Gasteiger partial charge < -0.3 is 0 Å². The van der Waals surface area contributed by atoms with E-state index in [1.807, 2.05) is 5.92 Å². The Kier molecular flexibility index (Phi) is 2.07. The maximum Gasteiger partial charge on any atom is 0.143 e. The lowest BCUT2D eigenvalue weighted by molar-refractivity contribution is 0.577. The Labute approximate surface area is 68.2 Å². The molecular weight excluding hydrogens is 160 g/mol. The summed E-state index contributed by atoms with van der Waals surface area (Å²) in [4.78, 5) is 0. The Bertz CT molecular complexity index is 373. The molecule has 1 aromatic rings. The van der Waals surface area contributed by atoms with Crippen molar-refractivity contribution in [2.24, 2.45) is 0 Å². The van der Waals surface area contributed by atoms with Crippen LogP contribution in [0.5, 0.6) is 0 Å². The van der Waals surface area contributed by atoms with E-state index in [9.17, 15) is 8.78 Å². The van der Waals surface area contributed by atoms with Crippen molar-refractivity contribution in [1.82, 2.24) is 0 Å². The Hall–Kier alpha value is -1.87. The monoisotopic (exact) mass is 163 g/mol. The van der Waals surface area contributed by atoms with Crippen LogP contribution in [-0.4, -0.2) is 0 Å². The van der Waals surface area contributed by atoms with Crippen LogP contribution >= 0.6 is 0 Å². The van der Waals surface area contributed by atoms with Crippen LogP contribution in [0.2, 0.25) is 0 Å². The molecule has 0 N–H and O–H groups in total. The lowest BCUT2D eigenvalue weighted by Crippen LogP contribution is -1.91. The standard InChI is InChI=1S/C9H3F2N/c1-2-7-8(10)3-6(5-12)4-9(7)11/h1,3-4H. The third-order valence-electron chi connectivity index (χ3n) is 1.32. The van der Waals surface area contributed by atoms with Gasteiger partial charge in [-0.2, -0.15) is 5.26 Å². The summed E-state index contributed by atoms with van der Waals surface area (Å²) in [6, 6.07) is 3.41. The minimum Gasteiger partial charge on any atom is -0.205 e. The summed E-state index contributed by atoms with van der Waals surface area (Å²) < 4.78 is 25.5. The minimum atomic E-state index is -0.881. The van der Waals surface area contributed by atoms with Crippen molar-refractivity contribution in [1.29, 1.82) is 5.26 Å². The van der Waals surface area contributed by atoms with E-state index in [0.29, 0.717) is 0 Å². The fourth-order valence-electron chi connectivity index (χ4n) is 0.776. The fraction of sp³-hybridized carbons (Fsp3) is 0. The van der Waals surface area contributed by atoms with Crippen LogP contribution in [0.25, 0.3) is 0 Å². The first-order valence-electron chi connectivity index (χ1n) is 3.04. The number of nitrogens with zero attached hydrogens (tertiary/aromatic N) is 1. The van der Waals surface area contributed by atoms with E-state index >= 15 is 0 Å². The minimum absolute atomic E-state index is 0.0796. The smallest absolute Gasteiger partial charge is 0.143 e. The third kappa shape index (κ3) is 1.26. The summed E-state index contributed by atoms with van der Waals surface area (Å²) in [6.45, 7) is 0. The van der Waals surface area contributed by atoms with Crippen molar-refractivity contribution in [2.45, 2.75) is 0 Å². The molecule has 0 bridgehead atoms. The molecule has 0 aliphatic rings. The quantitative estimate of drug-likeness (QED) is 0.535. The Morgan fingerprint density at radius 2 is 1.75 bits per heavy atom. The van der Waals surface area contributed by atoms with Gasteiger partial charge in [-0.1, -0.05) is 5.92 Å². The average Bonchev–Trinajstić information content (AvgIpc) is 2.03. The molecule has 0 aliphatic heterocycles. The molecule has 0 unspecified atom stereocenters. The molecule has 0 atom stereocenters. The normalized spacial score (nSPS) is 8.67. The molecule has 0 heterocycles. The molecular formula is C9H3F2N. The zero-order valence-corrected chi connectivity index (χ0v) is 5.94. The van der Waals surface area contributed by atoms with E-state index in [-0.39, 0.29) is 5.56 Å². The van der Waals surface area contributed by atoms with Crippen LogP contribution in [0.3, 0.4) is 0 Å². The van der Waals surface area contributed by atoms with Crippen molar-refractivity contribution >= 4 is 0 Å². The van der Waals surface area contributed by atoms with Crippen LogP contribution in [0.15, 0.2) is 12.1 Å². The number of hydrogen-bond donors (Lipinski definition) is 0. The molecule has 0 saturated heterocycles. The van der Waals surface area contributed by atoms with Crippen LogP contribution in [-0.2, 0) is 0 Å². The summed E-state index contributed by atoms with van der Waals surface area (Å²) in [7, 11) is 0. The van der Waals surface area contributed by atoms with Gasteiger partial charge in [-0.25, -0.2) is 8.78 Å². The van der Waals surface area contributed by atoms with E-state index in [1.54, 1.807) is 6.07 Å². The molecule has 58 valence electrons. The van der Waals surface area contributed by atoms with E-state index in [2.05, 4.69) is 0 Å². The highest BCUT2D eigenvalue weighted by Gasteiger charge is 2.07. The molecule has 0 radical (unpaired) electrons. The maximum absolute atomic E-state index is 12.8. The highest BCUT2D eigenvalue weighted by molar-refractivity contribution is 5.41. The zero-order valence-electron chi connectivity index (χ0n) is 5.94. The molecule has 0 aliphatic carbocycles. The second kappa shape index (κ2) is 3.02. The van der Waals surface area contributed by atoms with Crippen molar-refractivity contribution in [3.63, 3.8) is 0 Å². The van der Waals surface area contributed by atoms with Gasteiger partial charge in [0.15, 0.2) is 0 Å². The van der Waals surface area contributed by atoms with Crippen LogP contribution < -0.4 is 0 Å². The predicted octanol–water partition coefficient (Wildman–Crippen LogP) is 1.82. The zero-order chi connectivity index (χ0) is 9.14. The molecule has 0 fully saturated rings. The lowest BCUT2D eigenvalue weighted by Gasteiger charge is -1.96. The van der Waals surface area contributed by atoms with Gasteiger partial charge >= 0.3 is 0 Å². The van der Waals surface area contributed by atoms with Gasteiger partial charge in [0.2, 0.25) is 0 Å². The molecule has 3 heteroatoms. The first-order chi connectivity index (χ1) is 5.69. The average molecular weight is 163 g/mol. The highest BCUT2D eigenvalue weighted by atomic mass is 19.1. The fourth-order valence-corrected chi connectivity index (χ4v) is 0.776. The number of halogens is 2. The lowest BCUT2D eigenvalue weighted by atomic mass is 10.1. The molecule has 1 aromatic carbocycles. The summed E-state index contributed by atoms with van der Waals surface area (Å²) in [5.41, 5.74) is -0.516.